The summed E-state index contributed by atoms with van der Waals surface area (Å²) in [6.45, 7) is 6.76. The van der Waals surface area contributed by atoms with Crippen molar-refractivity contribution in [2.24, 2.45) is 0 Å². The van der Waals surface area contributed by atoms with E-state index >= 15 is 0 Å². The molecule has 0 aromatic heterocycles. The van der Waals surface area contributed by atoms with Crippen LogP contribution in [0.3, 0.4) is 0 Å². The Balaban J connectivity index is 1.84. The van der Waals surface area contributed by atoms with Crippen LogP contribution in [0.15, 0.2) is 108 Å². The second-order valence-corrected chi connectivity index (χ2v) is 14.5. The first-order chi connectivity index (χ1) is 21.3. The van der Waals surface area contributed by atoms with Gasteiger partial charge < -0.3 is 10.2 Å². The number of amides is 2. The molecule has 1 N–H and O–H groups in total. The van der Waals surface area contributed by atoms with Gasteiger partial charge in [-0.15, -0.1) is 0 Å². The van der Waals surface area contributed by atoms with Gasteiger partial charge in [0.2, 0.25) is 11.8 Å². The van der Waals surface area contributed by atoms with Crippen LogP contribution in [0.5, 0.6) is 0 Å². The normalized spacial score (nSPS) is 12.3. The van der Waals surface area contributed by atoms with Gasteiger partial charge in [0.05, 0.1) is 10.6 Å². The second-order valence-electron chi connectivity index (χ2n) is 11.8. The minimum absolute atomic E-state index is 0.0328. The largest absolute Gasteiger partial charge is 0.350 e. The summed E-state index contributed by atoms with van der Waals surface area (Å²) in [5, 5.41) is 3.65. The molecule has 0 fully saturated rings. The molecule has 0 aliphatic carbocycles. The first-order valence-electron chi connectivity index (χ1n) is 14.5. The Morgan fingerprint density at radius 1 is 0.800 bits per heavy atom. The molecule has 236 valence electrons. The Morgan fingerprint density at radius 2 is 1.36 bits per heavy atom. The first-order valence-corrected chi connectivity index (χ1v) is 16.7. The van der Waals surface area contributed by atoms with Crippen LogP contribution < -0.4 is 9.62 Å². The van der Waals surface area contributed by atoms with Gasteiger partial charge in [0.1, 0.15) is 12.6 Å². The summed E-state index contributed by atoms with van der Waals surface area (Å²) in [6.07, 6.45) is 0.173. The number of halogens is 2. The van der Waals surface area contributed by atoms with E-state index in [4.69, 9.17) is 23.2 Å². The highest BCUT2D eigenvalue weighted by atomic mass is 35.5. The minimum Gasteiger partial charge on any atom is -0.350 e. The van der Waals surface area contributed by atoms with E-state index in [2.05, 4.69) is 5.32 Å². The van der Waals surface area contributed by atoms with Gasteiger partial charge >= 0.3 is 0 Å². The van der Waals surface area contributed by atoms with Crippen LogP contribution >= 0.6 is 23.2 Å². The fourth-order valence-corrected chi connectivity index (χ4v) is 6.77. The van der Waals surface area contributed by atoms with Crippen molar-refractivity contribution >= 4 is 50.7 Å². The van der Waals surface area contributed by atoms with Crippen molar-refractivity contribution in [3.63, 3.8) is 0 Å². The molecule has 0 saturated heterocycles. The third kappa shape index (κ3) is 8.87. The van der Waals surface area contributed by atoms with E-state index in [-0.39, 0.29) is 17.9 Å². The standard InChI is InChI=1S/C35H37Cl2N3O4S/c1-25-18-20-27(21-19-25)40(45(43,44)28-14-9-6-10-15-28)24-33(41)39(23-29-30(36)16-11-17-31(29)37)32(34(42)38-35(2,3)4)22-26-12-7-5-8-13-26/h5-21,32H,22-24H2,1-4H3,(H,38,42)/t32-/m0/s1. The summed E-state index contributed by atoms with van der Waals surface area (Å²) in [5.41, 5.74) is 1.91. The minimum atomic E-state index is -4.19. The Hall–Kier alpha value is -3.85. The van der Waals surface area contributed by atoms with E-state index in [1.807, 2.05) is 58.0 Å². The average Bonchev–Trinajstić information content (AvgIpc) is 2.99. The van der Waals surface area contributed by atoms with Crippen LogP contribution in [0.1, 0.15) is 37.5 Å². The molecule has 1 atom stereocenters. The fraction of sp³-hybridized carbons (Fsp3) is 0.257. The van der Waals surface area contributed by atoms with Crippen molar-refractivity contribution in [1.82, 2.24) is 10.2 Å². The molecule has 0 aliphatic heterocycles. The third-order valence-corrected chi connectivity index (χ3v) is 9.59. The molecule has 10 heteroatoms. The van der Waals surface area contributed by atoms with Crippen molar-refractivity contribution < 1.29 is 18.0 Å². The molecule has 45 heavy (non-hydrogen) atoms. The molecule has 0 unspecified atom stereocenters. The van der Waals surface area contributed by atoms with E-state index in [0.717, 1.165) is 15.4 Å². The molecular formula is C35H37Cl2N3O4S. The first kappa shape index (κ1) is 34.0. The second kappa shape index (κ2) is 14.5. The number of hydrogen-bond acceptors (Lipinski definition) is 4. The van der Waals surface area contributed by atoms with Crippen LogP contribution in [0.2, 0.25) is 10.0 Å². The maximum absolute atomic E-state index is 14.6. The lowest BCUT2D eigenvalue weighted by molar-refractivity contribution is -0.140. The van der Waals surface area contributed by atoms with Crippen LogP contribution in [0.4, 0.5) is 5.69 Å². The number of benzene rings is 4. The van der Waals surface area contributed by atoms with Crippen molar-refractivity contribution in [2.75, 3.05) is 10.8 Å². The highest BCUT2D eigenvalue weighted by molar-refractivity contribution is 7.92. The van der Waals surface area contributed by atoms with E-state index in [1.165, 1.54) is 17.0 Å². The van der Waals surface area contributed by atoms with Crippen molar-refractivity contribution in [2.45, 2.75) is 57.1 Å². The molecule has 0 saturated carbocycles. The molecule has 0 bridgehead atoms. The lowest BCUT2D eigenvalue weighted by Crippen LogP contribution is -2.56. The van der Waals surface area contributed by atoms with Crippen molar-refractivity contribution in [3.05, 3.63) is 130 Å². The molecule has 2 amide bonds. The molecule has 4 rings (SSSR count). The van der Waals surface area contributed by atoms with Crippen LogP contribution in [0.25, 0.3) is 0 Å². The number of rotatable bonds is 11. The predicted molar refractivity (Wildman–Crippen MR) is 181 cm³/mol. The average molecular weight is 667 g/mol. The van der Waals surface area contributed by atoms with Crippen LogP contribution in [0, 0.1) is 6.92 Å². The summed E-state index contributed by atoms with van der Waals surface area (Å²) >= 11 is 13.1. The third-order valence-electron chi connectivity index (χ3n) is 7.09. The maximum atomic E-state index is 14.6. The topological polar surface area (TPSA) is 86.8 Å². The predicted octanol–water partition coefficient (Wildman–Crippen LogP) is 7.05. The smallest absolute Gasteiger partial charge is 0.264 e. The Kier molecular flexibility index (Phi) is 11.0. The Labute approximate surface area is 275 Å². The Morgan fingerprint density at radius 3 is 1.91 bits per heavy atom. The molecule has 0 aliphatic rings. The van der Waals surface area contributed by atoms with Crippen LogP contribution in [-0.4, -0.2) is 43.3 Å². The number of nitrogens with zero attached hydrogens (tertiary/aromatic N) is 2. The number of carbonyl (C=O) groups is 2. The van der Waals surface area contributed by atoms with E-state index in [0.29, 0.717) is 21.3 Å². The van der Waals surface area contributed by atoms with Gasteiger partial charge in [0, 0.05) is 34.1 Å². The van der Waals surface area contributed by atoms with Gasteiger partial charge in [0.15, 0.2) is 0 Å². The maximum Gasteiger partial charge on any atom is 0.264 e. The van der Waals surface area contributed by atoms with Crippen LogP contribution in [-0.2, 0) is 32.6 Å². The lowest BCUT2D eigenvalue weighted by Gasteiger charge is -2.35. The van der Waals surface area contributed by atoms with E-state index < -0.39 is 40.0 Å². The summed E-state index contributed by atoms with van der Waals surface area (Å²) in [7, 11) is -4.19. The van der Waals surface area contributed by atoms with Gasteiger partial charge in [-0.25, -0.2) is 8.42 Å². The number of anilines is 1. The molecule has 0 heterocycles. The zero-order chi connectivity index (χ0) is 32.8. The van der Waals surface area contributed by atoms with Gasteiger partial charge in [0.25, 0.3) is 10.0 Å². The number of carbonyl (C=O) groups excluding carboxylic acids is 2. The van der Waals surface area contributed by atoms with Gasteiger partial charge in [-0.1, -0.05) is 95.5 Å². The molecule has 7 nitrogen and oxygen atoms in total. The quantitative estimate of drug-likeness (QED) is 0.186. The Bertz CT molecular complexity index is 1710. The van der Waals surface area contributed by atoms with Crippen molar-refractivity contribution in [3.8, 4) is 0 Å². The number of nitrogens with one attached hydrogen (secondary N) is 1. The molecule has 4 aromatic carbocycles. The lowest BCUT2D eigenvalue weighted by atomic mass is 10.0. The van der Waals surface area contributed by atoms with Crippen molar-refractivity contribution in [1.29, 1.82) is 0 Å². The van der Waals surface area contributed by atoms with Gasteiger partial charge in [-0.05, 0) is 69.7 Å². The highest BCUT2D eigenvalue weighted by Gasteiger charge is 2.36. The summed E-state index contributed by atoms with van der Waals surface area (Å²) in [4.78, 5) is 29.9. The number of aryl methyl sites for hydroxylation is 1. The van der Waals surface area contributed by atoms with E-state index in [1.54, 1.807) is 60.7 Å². The highest BCUT2D eigenvalue weighted by Crippen LogP contribution is 2.29. The fourth-order valence-electron chi connectivity index (χ4n) is 4.82. The zero-order valence-electron chi connectivity index (χ0n) is 25.7. The van der Waals surface area contributed by atoms with Gasteiger partial charge in [-0.2, -0.15) is 0 Å². The summed E-state index contributed by atoms with van der Waals surface area (Å²) in [6, 6.07) is 28.1. The molecular weight excluding hydrogens is 629 g/mol. The van der Waals surface area contributed by atoms with E-state index in [9.17, 15) is 18.0 Å². The number of hydrogen-bond donors (Lipinski definition) is 1. The SMILES string of the molecule is Cc1ccc(N(CC(=O)N(Cc2c(Cl)cccc2Cl)[C@@H](Cc2ccccc2)C(=O)NC(C)(C)C)S(=O)(=O)c2ccccc2)cc1. The summed E-state index contributed by atoms with van der Waals surface area (Å²) < 4.78 is 29.2. The molecule has 0 spiro atoms. The van der Waals surface area contributed by atoms with Gasteiger partial charge in [-0.3, -0.25) is 13.9 Å². The molecule has 4 aromatic rings. The molecule has 0 radical (unpaired) electrons. The summed E-state index contributed by atoms with van der Waals surface area (Å²) in [5.74, 6) is -0.994. The number of sulfonamides is 1. The zero-order valence-corrected chi connectivity index (χ0v) is 28.0. The monoisotopic (exact) mass is 665 g/mol.